The smallest absolute Gasteiger partial charge is 0.150 e. The maximum absolute atomic E-state index is 5.91. The number of rotatable bonds is 3. The molecule has 0 aliphatic heterocycles. The summed E-state index contributed by atoms with van der Waals surface area (Å²) in [6.45, 7) is 6.07. The quantitative estimate of drug-likeness (QED) is 0.876. The van der Waals surface area contributed by atoms with Crippen molar-refractivity contribution in [1.29, 1.82) is 0 Å². The van der Waals surface area contributed by atoms with Crippen LogP contribution in [0.15, 0.2) is 23.7 Å². The minimum atomic E-state index is -0.275. The minimum Gasteiger partial charge on any atom is -0.396 e. The van der Waals surface area contributed by atoms with Crippen LogP contribution in [0.5, 0.6) is 0 Å². The van der Waals surface area contributed by atoms with Crippen molar-refractivity contribution in [2.45, 2.75) is 26.3 Å². The second-order valence-electron chi connectivity index (χ2n) is 4.48. The zero-order valence-electron chi connectivity index (χ0n) is 10.2. The predicted molar refractivity (Wildman–Crippen MR) is 72.1 cm³/mol. The van der Waals surface area contributed by atoms with Gasteiger partial charge in [0.1, 0.15) is 10.8 Å². The summed E-state index contributed by atoms with van der Waals surface area (Å²) < 4.78 is 0. The summed E-state index contributed by atoms with van der Waals surface area (Å²) in [5.74, 6) is 0.713. The van der Waals surface area contributed by atoms with Crippen LogP contribution in [0.1, 0.15) is 24.5 Å². The highest BCUT2D eigenvalue weighted by molar-refractivity contribution is 7.09. The first-order valence-electron chi connectivity index (χ1n) is 5.40. The lowest BCUT2D eigenvalue weighted by Crippen LogP contribution is -2.28. The van der Waals surface area contributed by atoms with Crippen molar-refractivity contribution in [3.8, 4) is 0 Å². The van der Waals surface area contributed by atoms with Crippen LogP contribution in [0.4, 0.5) is 11.5 Å². The van der Waals surface area contributed by atoms with E-state index in [-0.39, 0.29) is 5.54 Å². The fourth-order valence-electron chi connectivity index (χ4n) is 1.55. The number of hydrogen-bond donors (Lipinski definition) is 2. The molecule has 2 rings (SSSR count). The fourth-order valence-corrected chi connectivity index (χ4v) is 2.27. The van der Waals surface area contributed by atoms with Crippen LogP contribution in [-0.4, -0.2) is 9.97 Å². The third-order valence-electron chi connectivity index (χ3n) is 2.46. The Morgan fingerprint density at radius 1 is 1.35 bits per heavy atom. The van der Waals surface area contributed by atoms with Gasteiger partial charge in [-0.3, -0.25) is 0 Å². The molecule has 17 heavy (non-hydrogen) atoms. The molecule has 0 aliphatic carbocycles. The number of anilines is 2. The number of aryl methyl sites for hydroxylation is 1. The number of pyridine rings is 1. The lowest BCUT2D eigenvalue weighted by Gasteiger charge is -2.25. The Kier molecular flexibility index (Phi) is 3.02. The van der Waals surface area contributed by atoms with E-state index in [1.807, 2.05) is 24.4 Å². The first kappa shape index (κ1) is 11.9. The molecule has 0 saturated heterocycles. The van der Waals surface area contributed by atoms with Crippen molar-refractivity contribution < 1.29 is 0 Å². The Morgan fingerprint density at radius 3 is 2.76 bits per heavy atom. The van der Waals surface area contributed by atoms with Crippen molar-refractivity contribution in [2.24, 2.45) is 0 Å². The van der Waals surface area contributed by atoms with Gasteiger partial charge in [-0.15, -0.1) is 11.3 Å². The average Bonchev–Trinajstić information content (AvgIpc) is 2.77. The molecule has 2 heterocycles. The molecule has 0 atom stereocenters. The highest BCUT2D eigenvalue weighted by Crippen LogP contribution is 2.28. The van der Waals surface area contributed by atoms with E-state index in [2.05, 4.69) is 29.1 Å². The van der Waals surface area contributed by atoms with Crippen molar-refractivity contribution in [1.82, 2.24) is 9.97 Å². The van der Waals surface area contributed by atoms with Crippen LogP contribution in [0.25, 0.3) is 0 Å². The Labute approximate surface area is 105 Å². The molecular formula is C12H16N4S. The third-order valence-corrected chi connectivity index (χ3v) is 3.56. The number of nitrogens with two attached hydrogens (primary N) is 1. The van der Waals surface area contributed by atoms with Gasteiger partial charge in [0, 0.05) is 17.3 Å². The third kappa shape index (κ3) is 2.55. The molecule has 90 valence electrons. The second-order valence-corrected chi connectivity index (χ2v) is 5.37. The van der Waals surface area contributed by atoms with E-state index in [1.165, 1.54) is 0 Å². The SMILES string of the molecule is Cc1ccc(N)c(NC(C)(C)c2nccs2)n1. The van der Waals surface area contributed by atoms with Crippen LogP contribution in [0, 0.1) is 6.92 Å². The van der Waals surface area contributed by atoms with Gasteiger partial charge in [0.05, 0.1) is 11.2 Å². The number of nitrogen functional groups attached to an aromatic ring is 1. The highest BCUT2D eigenvalue weighted by Gasteiger charge is 2.24. The van der Waals surface area contributed by atoms with E-state index in [9.17, 15) is 0 Å². The average molecular weight is 248 g/mol. The number of nitrogens with one attached hydrogen (secondary N) is 1. The number of nitrogens with zero attached hydrogens (tertiary/aromatic N) is 2. The first-order valence-corrected chi connectivity index (χ1v) is 6.28. The van der Waals surface area contributed by atoms with Gasteiger partial charge in [0.2, 0.25) is 0 Å². The lowest BCUT2D eigenvalue weighted by molar-refractivity contribution is 0.601. The zero-order chi connectivity index (χ0) is 12.5. The van der Waals surface area contributed by atoms with E-state index in [1.54, 1.807) is 17.5 Å². The van der Waals surface area contributed by atoms with Gasteiger partial charge in [-0.1, -0.05) is 0 Å². The molecule has 2 aromatic rings. The second kappa shape index (κ2) is 4.33. The normalized spacial score (nSPS) is 11.5. The zero-order valence-corrected chi connectivity index (χ0v) is 11.0. The largest absolute Gasteiger partial charge is 0.396 e. The molecule has 0 aliphatic rings. The Morgan fingerprint density at radius 2 is 2.12 bits per heavy atom. The van der Waals surface area contributed by atoms with Gasteiger partial charge in [0.15, 0.2) is 0 Å². The standard InChI is InChI=1S/C12H16N4S/c1-8-4-5-9(13)10(15-8)16-12(2,3)11-14-6-7-17-11/h4-7H,13H2,1-3H3,(H,15,16). The van der Waals surface area contributed by atoms with Crippen molar-refractivity contribution in [2.75, 3.05) is 11.1 Å². The van der Waals surface area contributed by atoms with Crippen LogP contribution < -0.4 is 11.1 Å². The van der Waals surface area contributed by atoms with Gasteiger partial charge in [-0.05, 0) is 32.9 Å². The van der Waals surface area contributed by atoms with Crippen LogP contribution in [0.3, 0.4) is 0 Å². The maximum atomic E-state index is 5.91. The van der Waals surface area contributed by atoms with Crippen molar-refractivity contribution in [3.63, 3.8) is 0 Å². The first-order chi connectivity index (χ1) is 7.99. The van der Waals surface area contributed by atoms with E-state index >= 15 is 0 Å². The van der Waals surface area contributed by atoms with Gasteiger partial charge in [-0.25, -0.2) is 9.97 Å². The molecule has 0 spiro atoms. The van der Waals surface area contributed by atoms with E-state index in [0.29, 0.717) is 11.5 Å². The monoisotopic (exact) mass is 248 g/mol. The minimum absolute atomic E-state index is 0.275. The lowest BCUT2D eigenvalue weighted by atomic mass is 10.1. The predicted octanol–water partition coefficient (Wildman–Crippen LogP) is 2.78. The van der Waals surface area contributed by atoms with Gasteiger partial charge in [0.25, 0.3) is 0 Å². The molecule has 0 aromatic carbocycles. The van der Waals surface area contributed by atoms with Crippen molar-refractivity contribution in [3.05, 3.63) is 34.4 Å². The summed E-state index contributed by atoms with van der Waals surface area (Å²) in [5.41, 5.74) is 7.23. The van der Waals surface area contributed by atoms with Crippen LogP contribution in [0.2, 0.25) is 0 Å². The molecule has 0 amide bonds. The Bertz CT molecular complexity index is 505. The van der Waals surface area contributed by atoms with Gasteiger partial charge >= 0.3 is 0 Å². The molecule has 4 nitrogen and oxygen atoms in total. The summed E-state index contributed by atoms with van der Waals surface area (Å²) in [4.78, 5) is 8.73. The van der Waals surface area contributed by atoms with Crippen LogP contribution >= 0.6 is 11.3 Å². The molecule has 3 N–H and O–H groups in total. The molecule has 0 fully saturated rings. The summed E-state index contributed by atoms with van der Waals surface area (Å²) in [6, 6.07) is 3.76. The summed E-state index contributed by atoms with van der Waals surface area (Å²) in [5, 5.41) is 6.32. The number of aromatic nitrogens is 2. The van der Waals surface area contributed by atoms with Gasteiger partial charge in [-0.2, -0.15) is 0 Å². The molecule has 0 radical (unpaired) electrons. The molecule has 5 heteroatoms. The molecule has 0 unspecified atom stereocenters. The summed E-state index contributed by atoms with van der Waals surface area (Å²) in [6.07, 6.45) is 1.80. The molecule has 0 saturated carbocycles. The van der Waals surface area contributed by atoms with E-state index in [0.717, 1.165) is 10.7 Å². The molecular weight excluding hydrogens is 232 g/mol. The van der Waals surface area contributed by atoms with E-state index in [4.69, 9.17) is 5.73 Å². The Balaban J connectivity index is 2.29. The van der Waals surface area contributed by atoms with Crippen LogP contribution in [-0.2, 0) is 5.54 Å². The maximum Gasteiger partial charge on any atom is 0.150 e. The number of thiazole rings is 1. The highest BCUT2D eigenvalue weighted by atomic mass is 32.1. The Hall–Kier alpha value is -1.62. The number of hydrogen-bond acceptors (Lipinski definition) is 5. The summed E-state index contributed by atoms with van der Waals surface area (Å²) in [7, 11) is 0. The van der Waals surface area contributed by atoms with E-state index < -0.39 is 0 Å². The molecule has 2 aromatic heterocycles. The summed E-state index contributed by atoms with van der Waals surface area (Å²) >= 11 is 1.62. The van der Waals surface area contributed by atoms with Gasteiger partial charge < -0.3 is 11.1 Å². The molecule has 0 bridgehead atoms. The van der Waals surface area contributed by atoms with Crippen molar-refractivity contribution >= 4 is 22.8 Å². The fraction of sp³-hybridized carbons (Fsp3) is 0.333. The topological polar surface area (TPSA) is 63.8 Å².